The minimum absolute atomic E-state index is 0.189. The van der Waals surface area contributed by atoms with Crippen molar-refractivity contribution in [3.63, 3.8) is 0 Å². The van der Waals surface area contributed by atoms with Gasteiger partial charge in [0, 0.05) is 12.0 Å². The third-order valence-corrected chi connectivity index (χ3v) is 2.31. The maximum atomic E-state index is 10.8. The lowest BCUT2D eigenvalue weighted by molar-refractivity contribution is -0.119. The van der Waals surface area contributed by atoms with Gasteiger partial charge in [-0.1, -0.05) is 0 Å². The molecule has 0 aromatic rings. The summed E-state index contributed by atoms with van der Waals surface area (Å²) in [4.78, 5) is 10.8. The van der Waals surface area contributed by atoms with Crippen molar-refractivity contribution in [2.24, 2.45) is 5.92 Å². The quantitative estimate of drug-likeness (QED) is 0.658. The molecule has 1 N–H and O–H groups in total. The number of ether oxygens (including phenoxy) is 1. The Balaban J connectivity index is 2.08. The third-order valence-electron chi connectivity index (χ3n) is 2.31. The molecule has 0 heterocycles. The third kappa shape index (κ3) is 2.57. The predicted molar refractivity (Wildman–Crippen MR) is 47.0 cm³/mol. The maximum absolute atomic E-state index is 10.8. The van der Waals surface area contributed by atoms with Gasteiger partial charge in [0.05, 0.1) is 12.7 Å². The Labute approximate surface area is 73.5 Å². The lowest BCUT2D eigenvalue weighted by Crippen LogP contribution is -2.27. The first kappa shape index (κ1) is 9.68. The fraction of sp³-hybridized carbons (Fsp3) is 0.889. The first-order valence-electron chi connectivity index (χ1n) is 4.44. The second-order valence-electron chi connectivity index (χ2n) is 3.51. The van der Waals surface area contributed by atoms with E-state index >= 15 is 0 Å². The van der Waals surface area contributed by atoms with E-state index in [0.717, 1.165) is 6.42 Å². The van der Waals surface area contributed by atoms with Gasteiger partial charge in [0.15, 0.2) is 0 Å². The normalized spacial score (nSPS) is 29.9. The molecule has 1 aliphatic rings. The van der Waals surface area contributed by atoms with E-state index in [0.29, 0.717) is 12.6 Å². The van der Waals surface area contributed by atoms with Crippen molar-refractivity contribution in [1.29, 1.82) is 0 Å². The van der Waals surface area contributed by atoms with Crippen molar-refractivity contribution in [3.8, 4) is 0 Å². The Bertz CT molecular complexity index is 170. The van der Waals surface area contributed by atoms with Crippen LogP contribution in [0.5, 0.6) is 0 Å². The van der Waals surface area contributed by atoms with Gasteiger partial charge >= 0.3 is 0 Å². The monoisotopic (exact) mass is 171 g/mol. The molecule has 1 saturated carbocycles. The predicted octanol–water partition coefficient (Wildman–Crippen LogP) is 0.588. The van der Waals surface area contributed by atoms with Gasteiger partial charge in [0.1, 0.15) is 5.78 Å². The summed E-state index contributed by atoms with van der Waals surface area (Å²) in [5.41, 5.74) is 0. The van der Waals surface area contributed by atoms with E-state index in [4.69, 9.17) is 4.74 Å². The number of hydrogen-bond acceptors (Lipinski definition) is 3. The van der Waals surface area contributed by atoms with E-state index in [1.165, 1.54) is 0 Å². The number of carbonyl (C=O) groups is 1. The van der Waals surface area contributed by atoms with E-state index in [-0.39, 0.29) is 17.8 Å². The fourth-order valence-electron chi connectivity index (χ4n) is 1.13. The highest BCUT2D eigenvalue weighted by atomic mass is 16.5. The summed E-state index contributed by atoms with van der Waals surface area (Å²) in [6.45, 7) is 4.39. The summed E-state index contributed by atoms with van der Waals surface area (Å²) in [7, 11) is 1.91. The molecule has 70 valence electrons. The SMILES string of the molecule is CNC(C)COC1CC1C(C)=O. The number of hydrogen-bond donors (Lipinski definition) is 1. The van der Waals surface area contributed by atoms with Crippen LogP contribution in [0.25, 0.3) is 0 Å². The second-order valence-corrected chi connectivity index (χ2v) is 3.51. The molecule has 12 heavy (non-hydrogen) atoms. The molecule has 0 radical (unpaired) electrons. The molecule has 0 bridgehead atoms. The number of carbonyl (C=O) groups excluding carboxylic acids is 1. The van der Waals surface area contributed by atoms with Crippen LogP contribution in [-0.2, 0) is 9.53 Å². The van der Waals surface area contributed by atoms with Gasteiger partial charge in [-0.05, 0) is 27.3 Å². The molecule has 0 aliphatic heterocycles. The van der Waals surface area contributed by atoms with Crippen molar-refractivity contribution in [1.82, 2.24) is 5.32 Å². The van der Waals surface area contributed by atoms with E-state index in [9.17, 15) is 4.79 Å². The van der Waals surface area contributed by atoms with Crippen LogP contribution in [0.2, 0.25) is 0 Å². The van der Waals surface area contributed by atoms with Crippen molar-refractivity contribution in [3.05, 3.63) is 0 Å². The number of likely N-dealkylation sites (N-methyl/N-ethyl adjacent to an activating group) is 1. The largest absolute Gasteiger partial charge is 0.376 e. The molecule has 3 unspecified atom stereocenters. The standard InChI is InChI=1S/C9H17NO2/c1-6(10-3)5-12-9-4-8(9)7(2)11/h6,8-10H,4-5H2,1-3H3. The summed E-state index contributed by atoms with van der Waals surface area (Å²) in [6, 6.07) is 0.373. The molecule has 0 aromatic carbocycles. The Kier molecular flexibility index (Phi) is 3.23. The smallest absolute Gasteiger partial charge is 0.135 e. The van der Waals surface area contributed by atoms with Gasteiger partial charge in [-0.25, -0.2) is 0 Å². The van der Waals surface area contributed by atoms with Crippen LogP contribution >= 0.6 is 0 Å². The van der Waals surface area contributed by atoms with Crippen LogP contribution in [0.3, 0.4) is 0 Å². The number of Topliss-reactive ketones (excluding diaryl/α,β-unsaturated/α-hetero) is 1. The number of nitrogens with one attached hydrogen (secondary N) is 1. The summed E-state index contributed by atoms with van der Waals surface area (Å²) in [6.07, 6.45) is 1.13. The Morgan fingerprint density at radius 1 is 1.75 bits per heavy atom. The number of ketones is 1. The van der Waals surface area contributed by atoms with Crippen molar-refractivity contribution in [2.45, 2.75) is 32.4 Å². The summed E-state index contributed by atoms with van der Waals surface area (Å²) < 4.78 is 5.50. The highest BCUT2D eigenvalue weighted by Crippen LogP contribution is 2.34. The molecule has 3 nitrogen and oxygen atoms in total. The average molecular weight is 171 g/mol. The van der Waals surface area contributed by atoms with E-state index in [1.807, 2.05) is 7.05 Å². The van der Waals surface area contributed by atoms with Gasteiger partial charge in [-0.2, -0.15) is 0 Å². The molecule has 0 amide bonds. The van der Waals surface area contributed by atoms with Crippen LogP contribution in [0.1, 0.15) is 20.3 Å². The zero-order valence-corrected chi connectivity index (χ0v) is 7.96. The Morgan fingerprint density at radius 3 is 2.83 bits per heavy atom. The van der Waals surface area contributed by atoms with Crippen LogP contribution < -0.4 is 5.32 Å². The first-order chi connectivity index (χ1) is 5.65. The highest BCUT2D eigenvalue weighted by Gasteiger charge is 2.41. The van der Waals surface area contributed by atoms with Crippen LogP contribution in [0, 0.1) is 5.92 Å². The van der Waals surface area contributed by atoms with E-state index < -0.39 is 0 Å². The van der Waals surface area contributed by atoms with Crippen LogP contribution in [0.4, 0.5) is 0 Å². The lowest BCUT2D eigenvalue weighted by atomic mass is 10.3. The average Bonchev–Trinajstić information content (AvgIpc) is 2.79. The minimum Gasteiger partial charge on any atom is -0.376 e. The molecule has 1 rings (SSSR count). The summed E-state index contributed by atoms with van der Waals surface area (Å²) in [5, 5.41) is 3.08. The molecular weight excluding hydrogens is 154 g/mol. The second kappa shape index (κ2) is 4.01. The highest BCUT2D eigenvalue weighted by molar-refractivity contribution is 5.81. The van der Waals surface area contributed by atoms with Gasteiger partial charge < -0.3 is 10.1 Å². The van der Waals surface area contributed by atoms with Crippen molar-refractivity contribution >= 4 is 5.78 Å². The van der Waals surface area contributed by atoms with Crippen molar-refractivity contribution < 1.29 is 9.53 Å². The van der Waals surface area contributed by atoms with E-state index in [1.54, 1.807) is 6.92 Å². The van der Waals surface area contributed by atoms with Crippen molar-refractivity contribution in [2.75, 3.05) is 13.7 Å². The van der Waals surface area contributed by atoms with E-state index in [2.05, 4.69) is 12.2 Å². The summed E-state index contributed by atoms with van der Waals surface area (Å²) in [5.74, 6) is 0.450. The number of rotatable bonds is 5. The van der Waals surface area contributed by atoms with Gasteiger partial charge in [0.25, 0.3) is 0 Å². The van der Waals surface area contributed by atoms with Crippen LogP contribution in [-0.4, -0.2) is 31.6 Å². The molecule has 1 fully saturated rings. The zero-order chi connectivity index (χ0) is 9.14. The summed E-state index contributed by atoms with van der Waals surface area (Å²) >= 11 is 0. The molecule has 0 spiro atoms. The maximum Gasteiger partial charge on any atom is 0.135 e. The van der Waals surface area contributed by atoms with Crippen LogP contribution in [0.15, 0.2) is 0 Å². The van der Waals surface area contributed by atoms with Gasteiger partial charge in [-0.15, -0.1) is 0 Å². The first-order valence-corrected chi connectivity index (χ1v) is 4.44. The molecular formula is C9H17NO2. The Hall–Kier alpha value is -0.410. The lowest BCUT2D eigenvalue weighted by Gasteiger charge is -2.09. The topological polar surface area (TPSA) is 38.3 Å². The molecule has 3 heteroatoms. The molecule has 3 atom stereocenters. The molecule has 1 aliphatic carbocycles. The minimum atomic E-state index is 0.189. The molecule has 0 saturated heterocycles. The Morgan fingerprint density at radius 2 is 2.42 bits per heavy atom. The molecule has 0 aromatic heterocycles. The van der Waals surface area contributed by atoms with Gasteiger partial charge in [-0.3, -0.25) is 4.79 Å². The van der Waals surface area contributed by atoms with Gasteiger partial charge in [0.2, 0.25) is 0 Å². The zero-order valence-electron chi connectivity index (χ0n) is 7.96. The fourth-order valence-corrected chi connectivity index (χ4v) is 1.13.